The number of aromatic nitrogens is 1. The van der Waals surface area contributed by atoms with Gasteiger partial charge >= 0.3 is 0 Å². The van der Waals surface area contributed by atoms with Crippen LogP contribution in [-0.4, -0.2) is 24.0 Å². The van der Waals surface area contributed by atoms with Gasteiger partial charge in [0.2, 0.25) is 0 Å². The van der Waals surface area contributed by atoms with E-state index in [0.717, 1.165) is 17.9 Å². The Morgan fingerprint density at radius 3 is 2.67 bits per heavy atom. The molecular formula is C17H27N3O. The zero-order chi connectivity index (χ0) is 15.2. The molecule has 1 saturated carbocycles. The van der Waals surface area contributed by atoms with Crippen molar-refractivity contribution < 1.29 is 4.79 Å². The Bertz CT molecular complexity index is 459. The Balaban J connectivity index is 2.05. The second-order valence-electron chi connectivity index (χ2n) is 6.00. The fraction of sp³-hybridized carbons (Fsp3) is 0.647. The van der Waals surface area contributed by atoms with Crippen molar-refractivity contribution in [1.29, 1.82) is 0 Å². The van der Waals surface area contributed by atoms with Gasteiger partial charge in [0.1, 0.15) is 5.82 Å². The van der Waals surface area contributed by atoms with E-state index in [1.165, 1.54) is 32.1 Å². The summed E-state index contributed by atoms with van der Waals surface area (Å²) in [4.78, 5) is 16.9. The highest BCUT2D eigenvalue weighted by atomic mass is 16.1. The van der Waals surface area contributed by atoms with Gasteiger partial charge in [-0.15, -0.1) is 0 Å². The molecule has 1 aliphatic carbocycles. The highest BCUT2D eigenvalue weighted by Gasteiger charge is 2.22. The number of nitrogens with zero attached hydrogens (tertiary/aromatic N) is 1. The van der Waals surface area contributed by atoms with Gasteiger partial charge in [0, 0.05) is 24.3 Å². The van der Waals surface area contributed by atoms with E-state index < -0.39 is 0 Å². The van der Waals surface area contributed by atoms with Crippen molar-refractivity contribution in [3.05, 3.63) is 23.4 Å². The van der Waals surface area contributed by atoms with Gasteiger partial charge in [-0.2, -0.15) is 0 Å². The molecule has 116 valence electrons. The van der Waals surface area contributed by atoms with E-state index in [9.17, 15) is 4.79 Å². The SMILES string of the molecule is CCc1cc(C(=O)NC(C)C2CCCCC2)cc(NC)n1. The predicted molar refractivity (Wildman–Crippen MR) is 86.7 cm³/mol. The monoisotopic (exact) mass is 289 g/mol. The molecule has 0 aliphatic heterocycles. The smallest absolute Gasteiger partial charge is 0.251 e. The molecule has 4 heteroatoms. The molecule has 1 heterocycles. The number of pyridine rings is 1. The summed E-state index contributed by atoms with van der Waals surface area (Å²) >= 11 is 0. The van der Waals surface area contributed by atoms with Crippen LogP contribution in [0.5, 0.6) is 0 Å². The van der Waals surface area contributed by atoms with Crippen LogP contribution in [0.2, 0.25) is 0 Å². The Morgan fingerprint density at radius 1 is 1.33 bits per heavy atom. The summed E-state index contributed by atoms with van der Waals surface area (Å²) in [6.45, 7) is 4.18. The van der Waals surface area contributed by atoms with E-state index in [1.54, 1.807) is 0 Å². The molecule has 0 radical (unpaired) electrons. The quantitative estimate of drug-likeness (QED) is 0.873. The Kier molecular flexibility index (Phi) is 5.59. The molecule has 1 amide bonds. The number of amides is 1. The summed E-state index contributed by atoms with van der Waals surface area (Å²) in [7, 11) is 1.83. The Morgan fingerprint density at radius 2 is 2.05 bits per heavy atom. The van der Waals surface area contributed by atoms with Crippen LogP contribution in [0.1, 0.15) is 62.0 Å². The minimum Gasteiger partial charge on any atom is -0.373 e. The normalized spacial score (nSPS) is 17.3. The lowest BCUT2D eigenvalue weighted by Crippen LogP contribution is -2.39. The summed E-state index contributed by atoms with van der Waals surface area (Å²) in [6, 6.07) is 3.96. The molecule has 0 saturated heterocycles. The van der Waals surface area contributed by atoms with Crippen molar-refractivity contribution in [2.45, 2.75) is 58.4 Å². The second kappa shape index (κ2) is 7.43. The molecule has 0 bridgehead atoms. The average Bonchev–Trinajstić information content (AvgIpc) is 2.54. The molecule has 1 atom stereocenters. The Labute approximate surface area is 127 Å². The van der Waals surface area contributed by atoms with Crippen LogP contribution >= 0.6 is 0 Å². The number of carbonyl (C=O) groups excluding carboxylic acids is 1. The third-order valence-electron chi connectivity index (χ3n) is 4.47. The van der Waals surface area contributed by atoms with Crippen LogP contribution in [0.25, 0.3) is 0 Å². The highest BCUT2D eigenvalue weighted by Crippen LogP contribution is 2.26. The first-order chi connectivity index (χ1) is 10.1. The largest absolute Gasteiger partial charge is 0.373 e. The zero-order valence-electron chi connectivity index (χ0n) is 13.4. The fourth-order valence-electron chi connectivity index (χ4n) is 3.07. The molecule has 2 rings (SSSR count). The predicted octanol–water partition coefficient (Wildman–Crippen LogP) is 3.38. The van der Waals surface area contributed by atoms with Gasteiger partial charge in [0.05, 0.1) is 0 Å². The fourth-order valence-corrected chi connectivity index (χ4v) is 3.07. The van der Waals surface area contributed by atoms with E-state index in [1.807, 2.05) is 26.1 Å². The van der Waals surface area contributed by atoms with Crippen molar-refractivity contribution >= 4 is 11.7 Å². The second-order valence-corrected chi connectivity index (χ2v) is 6.00. The minimum atomic E-state index is 0.0154. The van der Waals surface area contributed by atoms with Gasteiger partial charge in [-0.05, 0) is 44.2 Å². The maximum atomic E-state index is 12.5. The van der Waals surface area contributed by atoms with Crippen molar-refractivity contribution in [2.75, 3.05) is 12.4 Å². The first-order valence-corrected chi connectivity index (χ1v) is 8.13. The lowest BCUT2D eigenvalue weighted by molar-refractivity contribution is 0.0919. The van der Waals surface area contributed by atoms with Gasteiger partial charge in [-0.3, -0.25) is 4.79 Å². The molecule has 1 aromatic rings. The molecule has 1 aliphatic rings. The molecule has 21 heavy (non-hydrogen) atoms. The highest BCUT2D eigenvalue weighted by molar-refractivity contribution is 5.95. The van der Waals surface area contributed by atoms with Crippen molar-refractivity contribution in [2.24, 2.45) is 5.92 Å². The number of carbonyl (C=O) groups is 1. The lowest BCUT2D eigenvalue weighted by atomic mass is 9.84. The summed E-state index contributed by atoms with van der Waals surface area (Å²) < 4.78 is 0. The van der Waals surface area contributed by atoms with E-state index >= 15 is 0 Å². The molecule has 1 aromatic heterocycles. The van der Waals surface area contributed by atoms with Gasteiger partial charge < -0.3 is 10.6 Å². The summed E-state index contributed by atoms with van der Waals surface area (Å²) in [5, 5.41) is 6.20. The van der Waals surface area contributed by atoms with Crippen LogP contribution in [-0.2, 0) is 6.42 Å². The topological polar surface area (TPSA) is 54.0 Å². The zero-order valence-corrected chi connectivity index (χ0v) is 13.4. The number of hydrogen-bond donors (Lipinski definition) is 2. The van der Waals surface area contributed by atoms with Gasteiger partial charge in [-0.1, -0.05) is 26.2 Å². The molecule has 0 spiro atoms. The first-order valence-electron chi connectivity index (χ1n) is 8.13. The van der Waals surface area contributed by atoms with Gasteiger partial charge in [-0.25, -0.2) is 4.98 Å². The third kappa shape index (κ3) is 4.19. The summed E-state index contributed by atoms with van der Waals surface area (Å²) in [5.74, 6) is 1.39. The molecule has 1 unspecified atom stereocenters. The molecule has 1 fully saturated rings. The van der Waals surface area contributed by atoms with Crippen LogP contribution in [0.4, 0.5) is 5.82 Å². The minimum absolute atomic E-state index is 0.0154. The molecular weight excluding hydrogens is 262 g/mol. The number of rotatable bonds is 5. The van der Waals surface area contributed by atoms with Crippen molar-refractivity contribution in [1.82, 2.24) is 10.3 Å². The molecule has 2 N–H and O–H groups in total. The standard InChI is InChI=1S/C17H27N3O/c1-4-15-10-14(11-16(18-3)20-15)17(21)19-12(2)13-8-6-5-7-9-13/h10-13H,4-9H2,1-3H3,(H,18,20)(H,19,21). The van der Waals surface area contributed by atoms with E-state index in [4.69, 9.17) is 0 Å². The van der Waals surface area contributed by atoms with Gasteiger partial charge in [0.25, 0.3) is 5.91 Å². The summed E-state index contributed by atoms with van der Waals surface area (Å²) in [5.41, 5.74) is 1.64. The van der Waals surface area contributed by atoms with Crippen LogP contribution in [0, 0.1) is 5.92 Å². The third-order valence-corrected chi connectivity index (χ3v) is 4.47. The van der Waals surface area contributed by atoms with E-state index in [0.29, 0.717) is 11.5 Å². The maximum Gasteiger partial charge on any atom is 0.251 e. The van der Waals surface area contributed by atoms with Crippen LogP contribution in [0.3, 0.4) is 0 Å². The number of aryl methyl sites for hydroxylation is 1. The van der Waals surface area contributed by atoms with Crippen molar-refractivity contribution in [3.63, 3.8) is 0 Å². The van der Waals surface area contributed by atoms with Crippen LogP contribution < -0.4 is 10.6 Å². The number of hydrogen-bond acceptors (Lipinski definition) is 3. The molecule has 0 aromatic carbocycles. The van der Waals surface area contributed by atoms with E-state index in [2.05, 4.69) is 22.5 Å². The van der Waals surface area contributed by atoms with Crippen molar-refractivity contribution in [3.8, 4) is 0 Å². The lowest BCUT2D eigenvalue weighted by Gasteiger charge is -2.28. The number of nitrogens with one attached hydrogen (secondary N) is 2. The average molecular weight is 289 g/mol. The molecule has 4 nitrogen and oxygen atoms in total. The van der Waals surface area contributed by atoms with Gasteiger partial charge in [0.15, 0.2) is 0 Å². The number of anilines is 1. The first kappa shape index (κ1) is 15.8. The van der Waals surface area contributed by atoms with E-state index in [-0.39, 0.29) is 11.9 Å². The van der Waals surface area contributed by atoms with Crippen LogP contribution in [0.15, 0.2) is 12.1 Å². The maximum absolute atomic E-state index is 12.5. The summed E-state index contributed by atoms with van der Waals surface area (Å²) in [6.07, 6.45) is 7.23. The Hall–Kier alpha value is -1.58.